The summed E-state index contributed by atoms with van der Waals surface area (Å²) in [7, 11) is 0. The molecular formula is C21H23ClN2O2. The molecule has 2 heterocycles. The van der Waals surface area contributed by atoms with Gasteiger partial charge in [-0.2, -0.15) is 0 Å². The maximum Gasteiger partial charge on any atom is 0.253 e. The molecule has 4 rings (SSSR count). The first-order chi connectivity index (χ1) is 12.5. The Hall–Kier alpha value is -1.88. The van der Waals surface area contributed by atoms with Crippen molar-refractivity contribution in [2.45, 2.75) is 18.4 Å². The quantitative estimate of drug-likeness (QED) is 0.853. The molecule has 2 fully saturated rings. The fourth-order valence-corrected chi connectivity index (χ4v) is 4.28. The Morgan fingerprint density at radius 3 is 2.73 bits per heavy atom. The fourth-order valence-electron chi connectivity index (χ4n) is 4.09. The molecule has 26 heavy (non-hydrogen) atoms. The summed E-state index contributed by atoms with van der Waals surface area (Å²) in [6.45, 7) is 2.82. The largest absolute Gasteiger partial charge is 0.389 e. The van der Waals surface area contributed by atoms with Crippen molar-refractivity contribution in [1.82, 2.24) is 10.2 Å². The summed E-state index contributed by atoms with van der Waals surface area (Å²) in [6, 6.07) is 15.3. The number of nitrogens with one attached hydrogen (secondary N) is 1. The summed E-state index contributed by atoms with van der Waals surface area (Å²) < 4.78 is 0. The Kier molecular flexibility index (Phi) is 4.74. The van der Waals surface area contributed by atoms with Crippen LogP contribution < -0.4 is 5.32 Å². The Labute approximate surface area is 158 Å². The van der Waals surface area contributed by atoms with Crippen molar-refractivity contribution >= 4 is 17.5 Å². The minimum Gasteiger partial charge on any atom is -0.389 e. The highest BCUT2D eigenvalue weighted by atomic mass is 35.5. The Balaban J connectivity index is 1.54. The molecule has 2 aliphatic heterocycles. The van der Waals surface area contributed by atoms with Crippen LogP contribution in [0.3, 0.4) is 0 Å². The number of amides is 1. The van der Waals surface area contributed by atoms with Crippen molar-refractivity contribution in [2.75, 3.05) is 26.2 Å². The first-order valence-corrected chi connectivity index (χ1v) is 9.51. The lowest BCUT2D eigenvalue weighted by molar-refractivity contribution is -0.0817. The number of halogens is 1. The average Bonchev–Trinajstić information content (AvgIpc) is 2.67. The number of fused-ring (bicyclic) bond motifs is 1. The molecule has 2 saturated heterocycles. The second-order valence-electron chi connectivity index (χ2n) is 7.35. The van der Waals surface area contributed by atoms with E-state index < -0.39 is 5.60 Å². The van der Waals surface area contributed by atoms with E-state index in [0.29, 0.717) is 30.1 Å². The third-order valence-corrected chi connectivity index (χ3v) is 5.93. The maximum atomic E-state index is 13.0. The highest BCUT2D eigenvalue weighted by Crippen LogP contribution is 2.33. The first kappa shape index (κ1) is 17.5. The molecule has 0 aromatic heterocycles. The number of carbonyl (C=O) groups excluding carboxylic acids is 1. The standard InChI is InChI=1S/C21H23ClN2O2/c22-19-6-2-4-16(12-19)15-3-1-5-17(11-15)20(25)24-10-8-21(26)7-9-23-13-18(21)14-24/h1-6,11-12,18,23,26H,7-10,13-14H2/t18-,21-/m1/s1. The molecule has 0 bridgehead atoms. The molecule has 0 saturated carbocycles. The number of aliphatic hydroxyl groups is 1. The van der Waals surface area contributed by atoms with Crippen molar-refractivity contribution in [1.29, 1.82) is 0 Å². The van der Waals surface area contributed by atoms with Crippen LogP contribution in [0.1, 0.15) is 23.2 Å². The normalized spacial score (nSPS) is 25.6. The second-order valence-corrected chi connectivity index (χ2v) is 7.78. The van der Waals surface area contributed by atoms with Crippen LogP contribution in [0.15, 0.2) is 48.5 Å². The molecule has 2 aromatic carbocycles. The van der Waals surface area contributed by atoms with E-state index in [1.54, 1.807) is 0 Å². The third kappa shape index (κ3) is 3.37. The fraction of sp³-hybridized carbons (Fsp3) is 0.381. The molecule has 136 valence electrons. The van der Waals surface area contributed by atoms with E-state index in [2.05, 4.69) is 5.32 Å². The van der Waals surface area contributed by atoms with E-state index in [1.165, 1.54) is 0 Å². The van der Waals surface area contributed by atoms with Gasteiger partial charge in [-0.3, -0.25) is 4.79 Å². The van der Waals surface area contributed by atoms with Crippen LogP contribution in [0, 0.1) is 5.92 Å². The molecule has 5 heteroatoms. The van der Waals surface area contributed by atoms with Gasteiger partial charge in [-0.05, 0) is 54.8 Å². The van der Waals surface area contributed by atoms with Gasteiger partial charge in [0.15, 0.2) is 0 Å². The number of piperidine rings is 2. The average molecular weight is 371 g/mol. The number of carbonyl (C=O) groups is 1. The second kappa shape index (κ2) is 7.03. The van der Waals surface area contributed by atoms with Gasteiger partial charge in [-0.25, -0.2) is 0 Å². The maximum absolute atomic E-state index is 13.0. The van der Waals surface area contributed by atoms with Gasteiger partial charge >= 0.3 is 0 Å². The number of rotatable bonds is 2. The van der Waals surface area contributed by atoms with Crippen LogP contribution in [0.5, 0.6) is 0 Å². The van der Waals surface area contributed by atoms with E-state index in [9.17, 15) is 9.90 Å². The van der Waals surface area contributed by atoms with Crippen molar-refractivity contribution < 1.29 is 9.90 Å². The van der Waals surface area contributed by atoms with Gasteiger partial charge in [0.1, 0.15) is 0 Å². The number of benzene rings is 2. The zero-order valence-corrected chi connectivity index (χ0v) is 15.4. The topological polar surface area (TPSA) is 52.6 Å². The van der Waals surface area contributed by atoms with Crippen LogP contribution in [0.4, 0.5) is 0 Å². The SMILES string of the molecule is O=C(c1cccc(-c2cccc(Cl)c2)c1)N1CC[C@]2(O)CCNC[C@@H]2C1. The van der Waals surface area contributed by atoms with E-state index in [1.807, 2.05) is 53.4 Å². The molecule has 4 nitrogen and oxygen atoms in total. The molecule has 2 N–H and O–H groups in total. The zero-order valence-electron chi connectivity index (χ0n) is 14.6. The summed E-state index contributed by atoms with van der Waals surface area (Å²) in [5.41, 5.74) is 2.03. The Bertz CT molecular complexity index is 825. The smallest absolute Gasteiger partial charge is 0.253 e. The molecule has 0 radical (unpaired) electrons. The number of hydrogen-bond acceptors (Lipinski definition) is 3. The summed E-state index contributed by atoms with van der Waals surface area (Å²) in [5, 5.41) is 14.8. The molecular weight excluding hydrogens is 348 g/mol. The van der Waals surface area contributed by atoms with Crippen LogP contribution in [-0.2, 0) is 0 Å². The first-order valence-electron chi connectivity index (χ1n) is 9.13. The van der Waals surface area contributed by atoms with Gasteiger partial charge in [0.2, 0.25) is 0 Å². The zero-order chi connectivity index (χ0) is 18.1. The summed E-state index contributed by atoms with van der Waals surface area (Å²) in [6.07, 6.45) is 1.42. The van der Waals surface area contributed by atoms with Gasteiger partial charge in [0.05, 0.1) is 5.60 Å². The lowest BCUT2D eigenvalue weighted by Gasteiger charge is -2.47. The predicted octanol–water partition coefficient (Wildman–Crippen LogP) is 3.19. The molecule has 0 spiro atoms. The molecule has 0 unspecified atom stereocenters. The molecule has 2 atom stereocenters. The number of hydrogen-bond donors (Lipinski definition) is 2. The number of nitrogens with zero attached hydrogens (tertiary/aromatic N) is 1. The summed E-state index contributed by atoms with van der Waals surface area (Å²) >= 11 is 6.09. The van der Waals surface area contributed by atoms with Crippen molar-refractivity contribution in [3.8, 4) is 11.1 Å². The van der Waals surface area contributed by atoms with E-state index >= 15 is 0 Å². The van der Waals surface area contributed by atoms with Crippen LogP contribution in [0.25, 0.3) is 11.1 Å². The lowest BCUT2D eigenvalue weighted by atomic mass is 9.76. The van der Waals surface area contributed by atoms with Crippen molar-refractivity contribution in [3.63, 3.8) is 0 Å². The lowest BCUT2D eigenvalue weighted by Crippen LogP contribution is -2.59. The third-order valence-electron chi connectivity index (χ3n) is 5.70. The molecule has 1 amide bonds. The van der Waals surface area contributed by atoms with Crippen molar-refractivity contribution in [3.05, 3.63) is 59.1 Å². The van der Waals surface area contributed by atoms with Gasteiger partial charge in [0, 0.05) is 36.1 Å². The number of likely N-dealkylation sites (tertiary alicyclic amines) is 1. The van der Waals surface area contributed by atoms with Gasteiger partial charge < -0.3 is 15.3 Å². The predicted molar refractivity (Wildman–Crippen MR) is 103 cm³/mol. The van der Waals surface area contributed by atoms with Crippen LogP contribution in [0.2, 0.25) is 5.02 Å². The molecule has 0 aliphatic carbocycles. The minimum absolute atomic E-state index is 0.0292. The summed E-state index contributed by atoms with van der Waals surface area (Å²) in [5.74, 6) is 0.131. The Morgan fingerprint density at radius 1 is 1.15 bits per heavy atom. The van der Waals surface area contributed by atoms with E-state index in [-0.39, 0.29) is 11.8 Å². The van der Waals surface area contributed by atoms with Crippen LogP contribution in [-0.4, -0.2) is 47.7 Å². The molecule has 2 aromatic rings. The highest BCUT2D eigenvalue weighted by molar-refractivity contribution is 6.30. The minimum atomic E-state index is -0.620. The van der Waals surface area contributed by atoms with Gasteiger partial charge in [-0.15, -0.1) is 0 Å². The Morgan fingerprint density at radius 2 is 1.92 bits per heavy atom. The monoisotopic (exact) mass is 370 g/mol. The van der Waals surface area contributed by atoms with Gasteiger partial charge in [0.25, 0.3) is 5.91 Å². The highest BCUT2D eigenvalue weighted by Gasteiger charge is 2.43. The van der Waals surface area contributed by atoms with Gasteiger partial charge in [-0.1, -0.05) is 35.9 Å². The van der Waals surface area contributed by atoms with Crippen LogP contribution >= 0.6 is 11.6 Å². The van der Waals surface area contributed by atoms with Crippen molar-refractivity contribution in [2.24, 2.45) is 5.92 Å². The molecule has 2 aliphatic rings. The van der Waals surface area contributed by atoms with E-state index in [4.69, 9.17) is 11.6 Å². The summed E-state index contributed by atoms with van der Waals surface area (Å²) in [4.78, 5) is 14.9. The van der Waals surface area contributed by atoms with E-state index in [0.717, 1.165) is 30.6 Å².